The number of aromatic nitrogens is 4. The quantitative estimate of drug-likeness (QED) is 0.663. The predicted octanol–water partition coefficient (Wildman–Crippen LogP) is 2.53. The monoisotopic (exact) mass is 390 g/mol. The number of amides is 1. The van der Waals surface area contributed by atoms with Crippen molar-refractivity contribution in [3.8, 4) is 17.1 Å². The van der Waals surface area contributed by atoms with Gasteiger partial charge in [-0.2, -0.15) is 0 Å². The van der Waals surface area contributed by atoms with Gasteiger partial charge in [0.05, 0.1) is 11.3 Å². The zero-order chi connectivity index (χ0) is 20.6. The van der Waals surface area contributed by atoms with Crippen LogP contribution in [-0.2, 0) is 18.3 Å². The van der Waals surface area contributed by atoms with Crippen LogP contribution < -0.4 is 15.8 Å². The molecule has 0 fully saturated rings. The van der Waals surface area contributed by atoms with Crippen LogP contribution in [0, 0.1) is 0 Å². The lowest BCUT2D eigenvalue weighted by molar-refractivity contribution is -0.111. The number of nitrogens with zero attached hydrogens (tertiary/aromatic N) is 4. The van der Waals surface area contributed by atoms with Crippen molar-refractivity contribution >= 4 is 17.2 Å². The Hall–Kier alpha value is -3.68. The zero-order valence-corrected chi connectivity index (χ0v) is 16.5. The van der Waals surface area contributed by atoms with E-state index in [4.69, 9.17) is 10.5 Å². The number of rotatable bonds is 4. The van der Waals surface area contributed by atoms with Crippen molar-refractivity contribution in [1.82, 2.24) is 19.5 Å². The zero-order valence-electron chi connectivity index (χ0n) is 16.5. The Morgan fingerprint density at radius 1 is 1.24 bits per heavy atom. The molecule has 0 aliphatic carbocycles. The number of ether oxygens (including phenoxy) is 1. The molecule has 2 aromatic heterocycles. The van der Waals surface area contributed by atoms with Crippen LogP contribution in [0.1, 0.15) is 25.2 Å². The standard InChI is InChI=1S/C21H22N6O2/c1-21(2)11-13-9-16(14(10-17(13)29-21)19-25-7-8-27(19)3)26-20(28)15(12-22)18-23-5-4-6-24-18/h4-10,12H,11,22H2,1-3H3,(H,26,28). The fourth-order valence-electron chi connectivity index (χ4n) is 3.44. The van der Waals surface area contributed by atoms with Gasteiger partial charge in [0.25, 0.3) is 5.91 Å². The second-order valence-corrected chi connectivity index (χ2v) is 7.51. The fourth-order valence-corrected chi connectivity index (χ4v) is 3.44. The molecular weight excluding hydrogens is 368 g/mol. The molecule has 0 saturated heterocycles. The number of benzene rings is 1. The normalized spacial score (nSPS) is 14.9. The highest BCUT2D eigenvalue weighted by Crippen LogP contribution is 2.41. The first-order valence-corrected chi connectivity index (χ1v) is 9.22. The topological polar surface area (TPSA) is 108 Å². The summed E-state index contributed by atoms with van der Waals surface area (Å²) in [4.78, 5) is 25.7. The van der Waals surface area contributed by atoms with Gasteiger partial charge in [0.15, 0.2) is 5.82 Å². The molecule has 0 atom stereocenters. The molecule has 1 aromatic carbocycles. The maximum Gasteiger partial charge on any atom is 0.260 e. The summed E-state index contributed by atoms with van der Waals surface area (Å²) in [5.74, 6) is 1.38. The smallest absolute Gasteiger partial charge is 0.260 e. The molecule has 3 aromatic rings. The van der Waals surface area contributed by atoms with Gasteiger partial charge in [-0.15, -0.1) is 0 Å². The second kappa shape index (κ2) is 7.05. The van der Waals surface area contributed by atoms with Crippen molar-refractivity contribution < 1.29 is 9.53 Å². The average molecular weight is 390 g/mol. The van der Waals surface area contributed by atoms with Crippen LogP contribution in [0.4, 0.5) is 5.69 Å². The Labute approximate surface area is 168 Å². The van der Waals surface area contributed by atoms with Gasteiger partial charge in [-0.1, -0.05) is 0 Å². The lowest BCUT2D eigenvalue weighted by Gasteiger charge is -2.17. The first-order valence-electron chi connectivity index (χ1n) is 9.22. The molecule has 1 aliphatic heterocycles. The van der Waals surface area contributed by atoms with Gasteiger partial charge in [0.2, 0.25) is 0 Å². The van der Waals surface area contributed by atoms with Gasteiger partial charge in [-0.05, 0) is 32.0 Å². The number of carbonyl (C=O) groups is 1. The largest absolute Gasteiger partial charge is 0.487 e. The highest BCUT2D eigenvalue weighted by molar-refractivity contribution is 6.24. The molecule has 0 radical (unpaired) electrons. The van der Waals surface area contributed by atoms with E-state index in [1.54, 1.807) is 24.7 Å². The van der Waals surface area contributed by atoms with Crippen molar-refractivity contribution in [3.05, 3.63) is 60.6 Å². The van der Waals surface area contributed by atoms with E-state index in [0.717, 1.165) is 23.3 Å². The van der Waals surface area contributed by atoms with E-state index >= 15 is 0 Å². The van der Waals surface area contributed by atoms with E-state index in [-0.39, 0.29) is 17.0 Å². The van der Waals surface area contributed by atoms with Gasteiger partial charge in [0, 0.05) is 55.6 Å². The number of nitrogens with one attached hydrogen (secondary N) is 1. The molecule has 1 aliphatic rings. The molecule has 148 valence electrons. The van der Waals surface area contributed by atoms with Crippen LogP contribution in [0.2, 0.25) is 0 Å². The SMILES string of the molecule is Cn1ccnc1-c1cc2c(cc1NC(=O)C(=CN)c1ncccn1)CC(C)(C)O2. The summed E-state index contributed by atoms with van der Waals surface area (Å²) in [5.41, 5.74) is 8.00. The van der Waals surface area contributed by atoms with Crippen LogP contribution >= 0.6 is 0 Å². The number of hydrogen-bond donors (Lipinski definition) is 2. The van der Waals surface area contributed by atoms with Crippen LogP contribution in [0.25, 0.3) is 17.0 Å². The minimum Gasteiger partial charge on any atom is -0.487 e. The number of imidazole rings is 1. The molecule has 8 nitrogen and oxygen atoms in total. The summed E-state index contributed by atoms with van der Waals surface area (Å²) < 4.78 is 7.96. The van der Waals surface area contributed by atoms with E-state index in [2.05, 4.69) is 20.3 Å². The van der Waals surface area contributed by atoms with Crippen molar-refractivity contribution in [3.63, 3.8) is 0 Å². The summed E-state index contributed by atoms with van der Waals surface area (Å²) in [6.07, 6.45) is 8.64. The molecule has 0 bridgehead atoms. The lowest BCUT2D eigenvalue weighted by atomic mass is 9.99. The fraction of sp³-hybridized carbons (Fsp3) is 0.238. The van der Waals surface area contributed by atoms with Gasteiger partial charge >= 0.3 is 0 Å². The first kappa shape index (κ1) is 18.7. The summed E-state index contributed by atoms with van der Waals surface area (Å²) in [5, 5.41) is 2.96. The predicted molar refractivity (Wildman–Crippen MR) is 110 cm³/mol. The number of fused-ring (bicyclic) bond motifs is 1. The van der Waals surface area contributed by atoms with Crippen LogP contribution in [0.3, 0.4) is 0 Å². The summed E-state index contributed by atoms with van der Waals surface area (Å²) in [7, 11) is 1.90. The molecule has 0 spiro atoms. The van der Waals surface area contributed by atoms with E-state index in [1.807, 2.05) is 43.8 Å². The maximum absolute atomic E-state index is 13.0. The van der Waals surface area contributed by atoms with Gasteiger partial charge in [-0.25, -0.2) is 15.0 Å². The Kier molecular flexibility index (Phi) is 4.54. The Balaban J connectivity index is 1.75. The summed E-state index contributed by atoms with van der Waals surface area (Å²) in [6.45, 7) is 4.07. The average Bonchev–Trinajstić information content (AvgIpc) is 3.23. The molecule has 3 heterocycles. The Morgan fingerprint density at radius 3 is 2.66 bits per heavy atom. The van der Waals surface area contributed by atoms with Crippen molar-refractivity contribution in [2.24, 2.45) is 12.8 Å². The number of anilines is 1. The number of nitrogens with two attached hydrogens (primary N) is 1. The Bertz CT molecular complexity index is 1100. The van der Waals surface area contributed by atoms with Gasteiger partial charge < -0.3 is 20.4 Å². The summed E-state index contributed by atoms with van der Waals surface area (Å²) in [6, 6.07) is 5.54. The number of hydrogen-bond acceptors (Lipinski definition) is 6. The minimum absolute atomic E-state index is 0.188. The molecule has 4 rings (SSSR count). The van der Waals surface area contributed by atoms with E-state index in [9.17, 15) is 4.79 Å². The first-order chi connectivity index (χ1) is 13.9. The van der Waals surface area contributed by atoms with Crippen LogP contribution in [-0.4, -0.2) is 31.0 Å². The third kappa shape index (κ3) is 3.56. The molecule has 29 heavy (non-hydrogen) atoms. The molecule has 0 unspecified atom stereocenters. The highest BCUT2D eigenvalue weighted by Gasteiger charge is 2.32. The number of aryl methyl sites for hydroxylation is 1. The lowest BCUT2D eigenvalue weighted by Crippen LogP contribution is -2.24. The van der Waals surface area contributed by atoms with E-state index < -0.39 is 5.91 Å². The third-order valence-corrected chi connectivity index (χ3v) is 4.73. The van der Waals surface area contributed by atoms with Crippen LogP contribution in [0.15, 0.2) is 49.2 Å². The van der Waals surface area contributed by atoms with Gasteiger partial charge in [-0.3, -0.25) is 4.79 Å². The highest BCUT2D eigenvalue weighted by atomic mass is 16.5. The molecule has 3 N–H and O–H groups in total. The molecular formula is C21H22N6O2. The van der Waals surface area contributed by atoms with Crippen molar-refractivity contribution in [2.45, 2.75) is 25.9 Å². The third-order valence-electron chi connectivity index (χ3n) is 4.73. The van der Waals surface area contributed by atoms with E-state index in [0.29, 0.717) is 11.5 Å². The minimum atomic E-state index is -0.396. The molecule has 8 heteroatoms. The van der Waals surface area contributed by atoms with Crippen molar-refractivity contribution in [1.29, 1.82) is 0 Å². The Morgan fingerprint density at radius 2 is 2.00 bits per heavy atom. The maximum atomic E-state index is 13.0. The summed E-state index contributed by atoms with van der Waals surface area (Å²) >= 11 is 0. The molecule has 1 amide bonds. The van der Waals surface area contributed by atoms with Crippen molar-refractivity contribution in [2.75, 3.05) is 5.32 Å². The second-order valence-electron chi connectivity index (χ2n) is 7.51. The van der Waals surface area contributed by atoms with Gasteiger partial charge in [0.1, 0.15) is 17.2 Å². The van der Waals surface area contributed by atoms with Crippen LogP contribution in [0.5, 0.6) is 5.75 Å². The van der Waals surface area contributed by atoms with E-state index in [1.165, 1.54) is 6.20 Å². The molecule has 0 saturated carbocycles. The number of carbonyl (C=O) groups excluding carboxylic acids is 1.